The first-order valence-electron chi connectivity index (χ1n) is 9.22. The predicted octanol–water partition coefficient (Wildman–Crippen LogP) is 4.15. The van der Waals surface area contributed by atoms with Gasteiger partial charge in [-0.3, -0.25) is 0 Å². The highest BCUT2D eigenvalue weighted by atomic mass is 15.3. The van der Waals surface area contributed by atoms with Gasteiger partial charge in [-0.1, -0.05) is 30.3 Å². The minimum Gasteiger partial charge on any atom is -0.368 e. The van der Waals surface area contributed by atoms with Crippen LogP contribution in [0, 0.1) is 0 Å². The van der Waals surface area contributed by atoms with E-state index in [9.17, 15) is 0 Å². The van der Waals surface area contributed by atoms with Crippen molar-refractivity contribution < 1.29 is 0 Å². The molecule has 2 fully saturated rings. The van der Waals surface area contributed by atoms with E-state index in [1.165, 1.54) is 79.4 Å². The Balaban J connectivity index is 1.55. The Labute approximate surface area is 142 Å². The Morgan fingerprint density at radius 2 is 1.25 bits per heavy atom. The summed E-state index contributed by atoms with van der Waals surface area (Å²) in [5, 5.41) is 3.80. The van der Waals surface area contributed by atoms with Crippen molar-refractivity contribution in [3.05, 3.63) is 47.8 Å². The zero-order chi connectivity index (χ0) is 15.9. The molecule has 2 heterocycles. The third kappa shape index (κ3) is 2.39. The molecule has 122 valence electrons. The van der Waals surface area contributed by atoms with Crippen molar-refractivity contribution in [2.75, 3.05) is 36.0 Å². The zero-order valence-electron chi connectivity index (χ0n) is 14.0. The van der Waals surface area contributed by atoms with Gasteiger partial charge in [0.15, 0.2) is 0 Å². The van der Waals surface area contributed by atoms with Gasteiger partial charge in [-0.2, -0.15) is 0 Å². The molecule has 2 saturated heterocycles. The van der Waals surface area contributed by atoms with Crippen LogP contribution in [0.5, 0.6) is 0 Å². The number of rotatable bonds is 3. The molecule has 24 heavy (non-hydrogen) atoms. The smallest absolute Gasteiger partial charge is 0.115 e. The second kappa shape index (κ2) is 5.66. The highest BCUT2D eigenvalue weighted by Crippen LogP contribution is 2.37. The molecule has 0 bridgehead atoms. The van der Waals surface area contributed by atoms with Crippen molar-refractivity contribution in [1.29, 1.82) is 0 Å². The lowest BCUT2D eigenvalue weighted by molar-refractivity contribution is 0.949. The Bertz CT molecular complexity index is 858. The lowest BCUT2D eigenvalue weighted by Gasteiger charge is -2.15. The molecule has 3 nitrogen and oxygen atoms in total. The summed E-state index contributed by atoms with van der Waals surface area (Å²) >= 11 is 0. The van der Waals surface area contributed by atoms with Crippen LogP contribution in [-0.2, 0) is 0 Å². The minimum absolute atomic E-state index is 1.08. The average Bonchev–Trinajstić information content (AvgIpc) is 3.08. The van der Waals surface area contributed by atoms with E-state index in [0.717, 1.165) is 5.69 Å². The highest BCUT2D eigenvalue weighted by molar-refractivity contribution is 5.87. The Hall–Kier alpha value is -2.29. The van der Waals surface area contributed by atoms with Crippen molar-refractivity contribution in [3.63, 3.8) is 0 Å². The molecule has 0 aliphatic carbocycles. The van der Waals surface area contributed by atoms with E-state index in [4.69, 9.17) is 4.99 Å². The first kappa shape index (κ1) is 14.1. The molecular formula is C21H23N3. The maximum absolute atomic E-state index is 5.03. The molecule has 3 aromatic rings. The van der Waals surface area contributed by atoms with Crippen molar-refractivity contribution in [3.8, 4) is 0 Å². The normalized spacial score (nSPS) is 18.2. The first-order valence-corrected chi connectivity index (χ1v) is 9.22. The second-order valence-electron chi connectivity index (χ2n) is 7.08. The summed E-state index contributed by atoms with van der Waals surface area (Å²) < 4.78 is 0. The quantitative estimate of drug-likeness (QED) is 0.723. The monoisotopic (exact) mass is 317 g/mol. The summed E-state index contributed by atoms with van der Waals surface area (Å²) in [4.78, 5) is 10.1. The predicted molar refractivity (Wildman–Crippen MR) is 101 cm³/mol. The van der Waals surface area contributed by atoms with Crippen molar-refractivity contribution in [1.82, 2.24) is 0 Å². The number of anilines is 2. The third-order valence-corrected chi connectivity index (χ3v) is 5.43. The summed E-state index contributed by atoms with van der Waals surface area (Å²) in [5.74, 6) is 0. The minimum atomic E-state index is 1.08. The van der Waals surface area contributed by atoms with Crippen LogP contribution >= 0.6 is 0 Å². The molecule has 0 N–H and O–H groups in total. The van der Waals surface area contributed by atoms with Gasteiger partial charge >= 0.3 is 0 Å². The van der Waals surface area contributed by atoms with Crippen LogP contribution in [0.3, 0.4) is 0 Å². The van der Waals surface area contributed by atoms with E-state index in [-0.39, 0.29) is 0 Å². The van der Waals surface area contributed by atoms with Crippen LogP contribution in [0.4, 0.5) is 17.1 Å². The standard InChI is InChI=1S/C21H23N3/c1-2-8-17-15-18(10-9-16(17)7-1)22-19-20(23-11-3-4-12-23)21(19)24-13-5-6-14-24/h1-2,7-10,15H,3-6,11-14H2. The molecule has 3 aromatic carbocycles. The first-order chi connectivity index (χ1) is 11.9. The van der Waals surface area contributed by atoms with Crippen LogP contribution < -0.4 is 15.2 Å². The van der Waals surface area contributed by atoms with Gasteiger partial charge in [-0.15, -0.1) is 0 Å². The van der Waals surface area contributed by atoms with E-state index >= 15 is 0 Å². The van der Waals surface area contributed by atoms with E-state index in [1.807, 2.05) is 0 Å². The number of hydrogen-bond acceptors (Lipinski definition) is 3. The van der Waals surface area contributed by atoms with Gasteiger partial charge in [0.05, 0.1) is 17.1 Å². The number of hydrogen-bond donors (Lipinski definition) is 0. The molecule has 0 spiro atoms. The largest absolute Gasteiger partial charge is 0.368 e. The fraction of sp³-hybridized carbons (Fsp3) is 0.381. The molecule has 0 aromatic heterocycles. The lowest BCUT2D eigenvalue weighted by atomic mass is 10.1. The number of nitrogens with zero attached hydrogens (tertiary/aromatic N) is 3. The van der Waals surface area contributed by atoms with Crippen LogP contribution in [0.1, 0.15) is 25.7 Å². The lowest BCUT2D eigenvalue weighted by Crippen LogP contribution is -2.18. The molecule has 2 aliphatic heterocycles. The maximum Gasteiger partial charge on any atom is 0.115 e. The van der Waals surface area contributed by atoms with Crippen molar-refractivity contribution in [2.45, 2.75) is 25.7 Å². The summed E-state index contributed by atoms with van der Waals surface area (Å²) in [6, 6.07) is 15.1. The topological polar surface area (TPSA) is 18.8 Å². The fourth-order valence-corrected chi connectivity index (χ4v) is 4.12. The fourth-order valence-electron chi connectivity index (χ4n) is 4.12. The second-order valence-corrected chi connectivity index (χ2v) is 7.08. The average molecular weight is 317 g/mol. The van der Waals surface area contributed by atoms with Crippen molar-refractivity contribution >= 4 is 27.8 Å². The van der Waals surface area contributed by atoms with Gasteiger partial charge in [0.1, 0.15) is 5.36 Å². The summed E-state index contributed by atoms with van der Waals surface area (Å²) in [5.41, 5.74) is 3.94. The molecule has 3 heteroatoms. The van der Waals surface area contributed by atoms with E-state index < -0.39 is 0 Å². The van der Waals surface area contributed by atoms with Crippen LogP contribution in [-0.4, -0.2) is 26.2 Å². The zero-order valence-corrected chi connectivity index (χ0v) is 14.0. The van der Waals surface area contributed by atoms with Crippen molar-refractivity contribution in [2.24, 2.45) is 4.99 Å². The molecular weight excluding hydrogens is 294 g/mol. The molecule has 0 unspecified atom stereocenters. The summed E-state index contributed by atoms with van der Waals surface area (Å²) in [6.45, 7) is 4.79. The molecule has 0 saturated carbocycles. The molecule has 0 amide bonds. The van der Waals surface area contributed by atoms with E-state index in [2.05, 4.69) is 52.3 Å². The molecule has 0 atom stereocenters. The number of benzene rings is 2. The van der Waals surface area contributed by atoms with E-state index in [0.29, 0.717) is 0 Å². The van der Waals surface area contributed by atoms with Gasteiger partial charge in [0, 0.05) is 26.2 Å². The van der Waals surface area contributed by atoms with Crippen LogP contribution in [0.25, 0.3) is 10.8 Å². The molecule has 5 rings (SSSR count). The Morgan fingerprint density at radius 3 is 1.88 bits per heavy atom. The number of fused-ring (bicyclic) bond motifs is 1. The summed E-state index contributed by atoms with van der Waals surface area (Å²) in [7, 11) is 0. The molecule has 2 aliphatic rings. The molecule has 0 radical (unpaired) electrons. The Morgan fingerprint density at radius 1 is 0.667 bits per heavy atom. The summed E-state index contributed by atoms with van der Waals surface area (Å²) in [6.07, 6.45) is 5.28. The van der Waals surface area contributed by atoms with Crippen LogP contribution in [0.2, 0.25) is 0 Å². The Kier molecular flexibility index (Phi) is 3.32. The van der Waals surface area contributed by atoms with Gasteiger partial charge in [0.2, 0.25) is 0 Å². The van der Waals surface area contributed by atoms with Gasteiger partial charge in [0.25, 0.3) is 0 Å². The van der Waals surface area contributed by atoms with Gasteiger partial charge < -0.3 is 9.80 Å². The highest BCUT2D eigenvalue weighted by Gasteiger charge is 2.32. The maximum atomic E-state index is 5.03. The third-order valence-electron chi connectivity index (χ3n) is 5.43. The van der Waals surface area contributed by atoms with Gasteiger partial charge in [-0.05, 0) is 48.6 Å². The van der Waals surface area contributed by atoms with Crippen LogP contribution in [0.15, 0.2) is 47.5 Å². The van der Waals surface area contributed by atoms with E-state index in [1.54, 1.807) is 0 Å². The SMILES string of the molecule is c1ccc2cc(N=c3c(N4CCCC4)c3N3CCCC3)ccc2c1. The van der Waals surface area contributed by atoms with Gasteiger partial charge in [-0.25, -0.2) is 4.99 Å².